The highest BCUT2D eigenvalue weighted by molar-refractivity contribution is 5.78. The van der Waals surface area contributed by atoms with Gasteiger partial charge in [-0.3, -0.25) is 4.79 Å². The lowest BCUT2D eigenvalue weighted by molar-refractivity contribution is -0.736. The number of carbonyl (C=O) groups excluding carboxylic acids is 1. The van der Waals surface area contributed by atoms with E-state index >= 15 is 0 Å². The number of rotatable bonds is 8. The Balaban J connectivity index is 2.24. The van der Waals surface area contributed by atoms with Crippen molar-refractivity contribution in [2.24, 2.45) is 0 Å². The molecule has 0 fully saturated rings. The van der Waals surface area contributed by atoms with Crippen LogP contribution in [0.2, 0.25) is 0 Å². The predicted octanol–water partition coefficient (Wildman–Crippen LogP) is 2.82. The van der Waals surface area contributed by atoms with Gasteiger partial charge in [-0.05, 0) is 24.6 Å². The van der Waals surface area contributed by atoms with Crippen molar-refractivity contribution >= 4 is 11.7 Å². The molecule has 0 bridgehead atoms. The summed E-state index contributed by atoms with van der Waals surface area (Å²) in [5, 5.41) is 0. The molecule has 1 heterocycles. The molecule has 1 aromatic heterocycles. The summed E-state index contributed by atoms with van der Waals surface area (Å²) in [5.41, 5.74) is 1.17. The second-order valence-corrected chi connectivity index (χ2v) is 5.08. The summed E-state index contributed by atoms with van der Waals surface area (Å²) < 4.78 is 12.1. The monoisotopic (exact) mass is 333 g/mol. The fourth-order valence-corrected chi connectivity index (χ4v) is 2.36. The van der Waals surface area contributed by atoms with Crippen LogP contribution in [0.1, 0.15) is 18.4 Å². The van der Waals surface area contributed by atoms with Gasteiger partial charge in [0.25, 0.3) is 4.92 Å². The van der Waals surface area contributed by atoms with Gasteiger partial charge < -0.3 is 14.0 Å². The Morgan fingerprint density at radius 1 is 1.21 bits per heavy atom. The van der Waals surface area contributed by atoms with E-state index in [0.717, 1.165) is 5.56 Å². The first-order valence-electron chi connectivity index (χ1n) is 7.56. The molecule has 1 aromatic carbocycles. The van der Waals surface area contributed by atoms with Crippen molar-refractivity contribution in [2.45, 2.75) is 19.4 Å². The van der Waals surface area contributed by atoms with Crippen LogP contribution in [-0.4, -0.2) is 36.3 Å². The lowest BCUT2D eigenvalue weighted by atomic mass is 9.99. The zero-order valence-corrected chi connectivity index (χ0v) is 14.0. The van der Waals surface area contributed by atoms with Crippen molar-refractivity contribution in [1.82, 2.24) is 4.57 Å². The standard InChI is InChI=1S/C17H21N2O5/c1-4-24-17(20)16(13-5-7-15(22-2)8-6-13)12-18-10-9-14(11-18)19(21)23-3/h5-11,16H,4,12H2,1-3H3/q+1. The Morgan fingerprint density at radius 3 is 2.50 bits per heavy atom. The second-order valence-electron chi connectivity index (χ2n) is 5.08. The zero-order valence-electron chi connectivity index (χ0n) is 14.0. The molecule has 0 amide bonds. The number of ether oxygens (including phenoxy) is 2. The van der Waals surface area contributed by atoms with E-state index < -0.39 is 5.92 Å². The van der Waals surface area contributed by atoms with E-state index in [2.05, 4.69) is 4.84 Å². The summed E-state index contributed by atoms with van der Waals surface area (Å²) in [6.45, 7) is 2.42. The summed E-state index contributed by atoms with van der Waals surface area (Å²) in [4.78, 5) is 28.8. The number of nitrogens with zero attached hydrogens (tertiary/aromatic N) is 2. The number of hydrogen-bond donors (Lipinski definition) is 0. The van der Waals surface area contributed by atoms with Crippen LogP contribution < -0.4 is 4.74 Å². The topological polar surface area (TPSA) is 69.8 Å². The molecule has 0 saturated carbocycles. The van der Waals surface area contributed by atoms with Gasteiger partial charge in [0.2, 0.25) is 0 Å². The quantitative estimate of drug-likeness (QED) is 0.549. The number of aromatic nitrogens is 1. The molecule has 2 rings (SSSR count). The van der Waals surface area contributed by atoms with E-state index in [1.807, 2.05) is 12.1 Å². The van der Waals surface area contributed by atoms with Crippen molar-refractivity contribution in [1.29, 1.82) is 0 Å². The second kappa shape index (κ2) is 8.14. The molecule has 0 aliphatic rings. The van der Waals surface area contributed by atoms with E-state index in [9.17, 15) is 9.70 Å². The van der Waals surface area contributed by atoms with Gasteiger partial charge in [-0.15, -0.1) is 0 Å². The number of carbonyl (C=O) groups is 1. The molecule has 0 radical (unpaired) electrons. The van der Waals surface area contributed by atoms with Crippen molar-refractivity contribution in [3.05, 3.63) is 53.2 Å². The molecule has 1 unspecified atom stereocenters. The maximum Gasteiger partial charge on any atom is 0.334 e. The SMILES string of the molecule is CCOC(=O)C(Cn1ccc([N+](=O)OC)c1)c1ccc(OC)cc1. The molecule has 0 aliphatic carbocycles. The fourth-order valence-electron chi connectivity index (χ4n) is 2.36. The van der Waals surface area contributed by atoms with E-state index in [4.69, 9.17) is 9.47 Å². The molecule has 0 N–H and O–H groups in total. The first-order valence-corrected chi connectivity index (χ1v) is 7.56. The van der Waals surface area contributed by atoms with Gasteiger partial charge in [0, 0.05) is 18.8 Å². The van der Waals surface area contributed by atoms with Gasteiger partial charge >= 0.3 is 11.7 Å². The molecule has 1 atom stereocenters. The Bertz CT molecular complexity index is 693. The Kier molecular flexibility index (Phi) is 5.95. The average molecular weight is 333 g/mol. The normalized spacial score (nSPS) is 11.6. The Hall–Kier alpha value is -2.83. The van der Waals surface area contributed by atoms with Gasteiger partial charge in [0.05, 0.1) is 30.7 Å². The van der Waals surface area contributed by atoms with E-state index in [0.29, 0.717) is 29.5 Å². The number of benzene rings is 1. The summed E-state index contributed by atoms with van der Waals surface area (Å²) in [6.07, 6.45) is 3.33. The van der Waals surface area contributed by atoms with Crippen LogP contribution in [0, 0.1) is 4.91 Å². The first kappa shape index (κ1) is 17.5. The van der Waals surface area contributed by atoms with Crippen LogP contribution in [0.3, 0.4) is 0 Å². The van der Waals surface area contributed by atoms with E-state index in [-0.39, 0.29) is 5.97 Å². The third kappa shape index (κ3) is 4.13. The summed E-state index contributed by atoms with van der Waals surface area (Å²) in [5.74, 6) is -0.0888. The molecule has 0 spiro atoms. The minimum atomic E-state index is -0.487. The van der Waals surface area contributed by atoms with Crippen LogP contribution in [0.25, 0.3) is 0 Å². The van der Waals surface area contributed by atoms with Crippen LogP contribution in [0.15, 0.2) is 42.7 Å². The van der Waals surface area contributed by atoms with E-state index in [1.54, 1.807) is 49.2 Å². The zero-order chi connectivity index (χ0) is 17.5. The predicted molar refractivity (Wildman–Crippen MR) is 87.1 cm³/mol. The van der Waals surface area contributed by atoms with Crippen molar-refractivity contribution < 1.29 is 24.0 Å². The average Bonchev–Trinajstić information content (AvgIpc) is 3.08. The highest BCUT2D eigenvalue weighted by Gasteiger charge is 2.24. The molecule has 0 saturated heterocycles. The largest absolute Gasteiger partial charge is 0.497 e. The number of esters is 1. The summed E-state index contributed by atoms with van der Waals surface area (Å²) in [7, 11) is 2.88. The number of hydrogen-bond acceptors (Lipinski definition) is 5. The van der Waals surface area contributed by atoms with Crippen molar-refractivity contribution in [3.8, 4) is 5.75 Å². The van der Waals surface area contributed by atoms with Gasteiger partial charge in [-0.25, -0.2) is 4.84 Å². The molecule has 7 heteroatoms. The van der Waals surface area contributed by atoms with Gasteiger partial charge in [-0.2, -0.15) is 0 Å². The molecule has 0 aliphatic heterocycles. The van der Waals surface area contributed by atoms with Crippen LogP contribution in [0.5, 0.6) is 5.75 Å². The Morgan fingerprint density at radius 2 is 1.92 bits per heavy atom. The Labute approximate surface area is 140 Å². The summed E-state index contributed by atoms with van der Waals surface area (Å²) in [6, 6.07) is 8.88. The van der Waals surface area contributed by atoms with Crippen molar-refractivity contribution in [2.75, 3.05) is 20.8 Å². The molecule has 7 nitrogen and oxygen atoms in total. The maximum absolute atomic E-state index is 12.3. The highest BCUT2D eigenvalue weighted by Crippen LogP contribution is 2.24. The lowest BCUT2D eigenvalue weighted by Crippen LogP contribution is -2.20. The molecule has 24 heavy (non-hydrogen) atoms. The van der Waals surface area contributed by atoms with E-state index in [1.165, 1.54) is 7.11 Å². The van der Waals surface area contributed by atoms with Gasteiger partial charge in [-0.1, -0.05) is 12.1 Å². The maximum atomic E-state index is 12.3. The minimum Gasteiger partial charge on any atom is -0.497 e. The summed E-state index contributed by atoms with van der Waals surface area (Å²) >= 11 is 0. The van der Waals surface area contributed by atoms with Crippen molar-refractivity contribution in [3.63, 3.8) is 0 Å². The molecule has 2 aromatic rings. The lowest BCUT2D eigenvalue weighted by Gasteiger charge is -2.17. The molecular weight excluding hydrogens is 312 g/mol. The third-order valence-electron chi connectivity index (χ3n) is 3.59. The van der Waals surface area contributed by atoms with Crippen LogP contribution in [0.4, 0.5) is 5.69 Å². The molecular formula is C17H21N2O5+. The van der Waals surface area contributed by atoms with Gasteiger partial charge in [0.15, 0.2) is 7.11 Å². The molecule has 128 valence electrons. The van der Waals surface area contributed by atoms with Crippen LogP contribution >= 0.6 is 0 Å². The minimum absolute atomic E-state index is 0.306. The van der Waals surface area contributed by atoms with Crippen LogP contribution in [-0.2, 0) is 20.9 Å². The fraction of sp³-hybridized carbons (Fsp3) is 0.353. The first-order chi connectivity index (χ1) is 11.6. The van der Waals surface area contributed by atoms with Gasteiger partial charge in [0.1, 0.15) is 5.75 Å². The smallest absolute Gasteiger partial charge is 0.334 e. The highest BCUT2D eigenvalue weighted by atomic mass is 16.8. The third-order valence-corrected chi connectivity index (χ3v) is 3.59. The number of methoxy groups -OCH3 is 1.